The van der Waals surface area contributed by atoms with Crippen LogP contribution in [0.1, 0.15) is 30.0 Å². The molecule has 0 atom stereocenters. The van der Waals surface area contributed by atoms with Crippen LogP contribution in [0.4, 0.5) is 11.4 Å². The molecule has 1 amide bonds. The molecule has 2 N–H and O–H groups in total. The zero-order chi connectivity index (χ0) is 15.9. The quantitative estimate of drug-likeness (QED) is 0.834. The Balaban J connectivity index is 1.85. The molecule has 0 heterocycles. The van der Waals surface area contributed by atoms with Gasteiger partial charge in [0.15, 0.2) is 0 Å². The van der Waals surface area contributed by atoms with Crippen LogP contribution < -0.4 is 10.6 Å². The van der Waals surface area contributed by atoms with Crippen molar-refractivity contribution in [2.45, 2.75) is 33.6 Å². The highest BCUT2D eigenvalue weighted by Gasteiger charge is 2.05. The average Bonchev–Trinajstić information content (AvgIpc) is 2.46. The summed E-state index contributed by atoms with van der Waals surface area (Å²) < 4.78 is 0. The molecule has 3 nitrogen and oxygen atoms in total. The van der Waals surface area contributed by atoms with Gasteiger partial charge >= 0.3 is 0 Å². The average molecular weight is 296 g/mol. The first kappa shape index (κ1) is 16.1. The number of carbonyl (C=O) groups is 1. The SMILES string of the molecule is CCc1ccccc1NC(=O)CCNc1cc(C)cc(C)c1. The summed E-state index contributed by atoms with van der Waals surface area (Å²) in [5.41, 5.74) is 5.60. The number of hydrogen-bond donors (Lipinski definition) is 2. The number of amides is 1. The fourth-order valence-electron chi connectivity index (χ4n) is 2.56. The predicted molar refractivity (Wildman–Crippen MR) is 93.5 cm³/mol. The summed E-state index contributed by atoms with van der Waals surface area (Å²) in [6.45, 7) is 6.87. The van der Waals surface area contributed by atoms with Gasteiger partial charge in [-0.05, 0) is 55.2 Å². The van der Waals surface area contributed by atoms with E-state index in [0.29, 0.717) is 13.0 Å². The minimum atomic E-state index is 0.0396. The third kappa shape index (κ3) is 4.62. The van der Waals surface area contributed by atoms with Gasteiger partial charge < -0.3 is 10.6 Å². The van der Waals surface area contributed by atoms with Crippen molar-refractivity contribution in [1.82, 2.24) is 0 Å². The summed E-state index contributed by atoms with van der Waals surface area (Å²) in [6, 6.07) is 14.3. The molecule has 2 aromatic rings. The minimum absolute atomic E-state index is 0.0396. The van der Waals surface area contributed by atoms with Crippen molar-refractivity contribution in [1.29, 1.82) is 0 Å². The van der Waals surface area contributed by atoms with Crippen LogP contribution >= 0.6 is 0 Å². The Morgan fingerprint density at radius 1 is 1.05 bits per heavy atom. The Bertz CT molecular complexity index is 629. The summed E-state index contributed by atoms with van der Waals surface area (Å²) in [4.78, 5) is 12.1. The first-order chi connectivity index (χ1) is 10.6. The van der Waals surface area contributed by atoms with Gasteiger partial charge in [-0.15, -0.1) is 0 Å². The minimum Gasteiger partial charge on any atom is -0.385 e. The van der Waals surface area contributed by atoms with E-state index in [2.05, 4.69) is 49.6 Å². The van der Waals surface area contributed by atoms with Crippen LogP contribution in [0, 0.1) is 13.8 Å². The lowest BCUT2D eigenvalue weighted by atomic mass is 10.1. The molecule has 22 heavy (non-hydrogen) atoms. The number of anilines is 2. The van der Waals surface area contributed by atoms with Crippen molar-refractivity contribution in [2.75, 3.05) is 17.2 Å². The van der Waals surface area contributed by atoms with Crippen molar-refractivity contribution < 1.29 is 4.79 Å². The lowest BCUT2D eigenvalue weighted by Gasteiger charge is -2.11. The van der Waals surface area contributed by atoms with E-state index in [-0.39, 0.29) is 5.91 Å². The van der Waals surface area contributed by atoms with E-state index in [1.807, 2.05) is 24.3 Å². The van der Waals surface area contributed by atoms with Crippen LogP contribution in [0.25, 0.3) is 0 Å². The molecular weight excluding hydrogens is 272 g/mol. The third-order valence-corrected chi connectivity index (χ3v) is 3.58. The van der Waals surface area contributed by atoms with Gasteiger partial charge in [0.2, 0.25) is 5.91 Å². The molecule has 0 aromatic heterocycles. The first-order valence-corrected chi connectivity index (χ1v) is 7.78. The molecular formula is C19H24N2O. The first-order valence-electron chi connectivity index (χ1n) is 7.78. The van der Waals surface area contributed by atoms with E-state index in [4.69, 9.17) is 0 Å². The van der Waals surface area contributed by atoms with E-state index in [1.165, 1.54) is 11.1 Å². The van der Waals surface area contributed by atoms with Crippen LogP contribution in [0.3, 0.4) is 0 Å². The molecule has 0 bridgehead atoms. The fourth-order valence-corrected chi connectivity index (χ4v) is 2.56. The maximum atomic E-state index is 12.1. The van der Waals surface area contributed by atoms with Gasteiger partial charge in [0.05, 0.1) is 0 Å². The molecule has 0 unspecified atom stereocenters. The van der Waals surface area contributed by atoms with Crippen molar-refractivity contribution in [3.63, 3.8) is 0 Å². The number of para-hydroxylation sites is 1. The number of aryl methyl sites for hydroxylation is 3. The van der Waals surface area contributed by atoms with Gasteiger partial charge in [0, 0.05) is 24.3 Å². The summed E-state index contributed by atoms with van der Waals surface area (Å²) in [6.07, 6.45) is 1.36. The summed E-state index contributed by atoms with van der Waals surface area (Å²) in [7, 11) is 0. The molecule has 0 aliphatic carbocycles. The van der Waals surface area contributed by atoms with Crippen LogP contribution in [-0.4, -0.2) is 12.5 Å². The normalized spacial score (nSPS) is 10.3. The molecule has 0 spiro atoms. The highest BCUT2D eigenvalue weighted by atomic mass is 16.1. The standard InChI is InChI=1S/C19H24N2O/c1-4-16-7-5-6-8-18(16)21-19(22)9-10-20-17-12-14(2)11-15(3)13-17/h5-8,11-13,20H,4,9-10H2,1-3H3,(H,21,22). The van der Waals surface area contributed by atoms with E-state index in [0.717, 1.165) is 23.4 Å². The number of hydrogen-bond acceptors (Lipinski definition) is 2. The molecule has 0 saturated carbocycles. The molecule has 0 aliphatic heterocycles. The van der Waals surface area contributed by atoms with E-state index < -0.39 is 0 Å². The second kappa shape index (κ2) is 7.64. The van der Waals surface area contributed by atoms with Crippen LogP contribution in [-0.2, 0) is 11.2 Å². The van der Waals surface area contributed by atoms with Gasteiger partial charge in [0.1, 0.15) is 0 Å². The Morgan fingerprint density at radius 2 is 1.73 bits per heavy atom. The fraction of sp³-hybridized carbons (Fsp3) is 0.316. The third-order valence-electron chi connectivity index (χ3n) is 3.58. The highest BCUT2D eigenvalue weighted by Crippen LogP contribution is 2.16. The maximum absolute atomic E-state index is 12.1. The van der Waals surface area contributed by atoms with Gasteiger partial charge in [0.25, 0.3) is 0 Å². The number of benzene rings is 2. The van der Waals surface area contributed by atoms with Crippen molar-refractivity contribution >= 4 is 17.3 Å². The zero-order valence-electron chi connectivity index (χ0n) is 13.6. The number of rotatable bonds is 6. The Hall–Kier alpha value is -2.29. The highest BCUT2D eigenvalue weighted by molar-refractivity contribution is 5.91. The smallest absolute Gasteiger partial charge is 0.226 e. The lowest BCUT2D eigenvalue weighted by molar-refractivity contribution is -0.115. The molecule has 0 radical (unpaired) electrons. The van der Waals surface area contributed by atoms with Crippen molar-refractivity contribution in [2.24, 2.45) is 0 Å². The molecule has 2 aromatic carbocycles. The summed E-state index contributed by atoms with van der Waals surface area (Å²) >= 11 is 0. The Kier molecular flexibility index (Phi) is 5.59. The number of nitrogens with one attached hydrogen (secondary N) is 2. The maximum Gasteiger partial charge on any atom is 0.226 e. The second-order valence-corrected chi connectivity index (χ2v) is 5.61. The second-order valence-electron chi connectivity index (χ2n) is 5.61. The predicted octanol–water partition coefficient (Wildman–Crippen LogP) is 4.31. The lowest BCUT2D eigenvalue weighted by Crippen LogP contribution is -2.17. The summed E-state index contributed by atoms with van der Waals surface area (Å²) in [5, 5.41) is 6.30. The molecule has 116 valence electrons. The molecule has 3 heteroatoms. The summed E-state index contributed by atoms with van der Waals surface area (Å²) in [5.74, 6) is 0.0396. The van der Waals surface area contributed by atoms with Gasteiger partial charge in [-0.2, -0.15) is 0 Å². The van der Waals surface area contributed by atoms with Gasteiger partial charge in [-0.3, -0.25) is 4.79 Å². The monoisotopic (exact) mass is 296 g/mol. The van der Waals surface area contributed by atoms with Gasteiger partial charge in [-0.1, -0.05) is 31.2 Å². The molecule has 2 rings (SSSR count). The Morgan fingerprint density at radius 3 is 2.41 bits per heavy atom. The molecule has 0 fully saturated rings. The largest absolute Gasteiger partial charge is 0.385 e. The zero-order valence-corrected chi connectivity index (χ0v) is 13.6. The number of carbonyl (C=O) groups excluding carboxylic acids is 1. The van der Waals surface area contributed by atoms with Gasteiger partial charge in [-0.25, -0.2) is 0 Å². The van der Waals surface area contributed by atoms with Crippen molar-refractivity contribution in [3.8, 4) is 0 Å². The van der Waals surface area contributed by atoms with Crippen molar-refractivity contribution in [3.05, 3.63) is 59.2 Å². The van der Waals surface area contributed by atoms with Crippen LogP contribution in [0.5, 0.6) is 0 Å². The Labute approximate surface area is 132 Å². The van der Waals surface area contributed by atoms with Crippen LogP contribution in [0.15, 0.2) is 42.5 Å². The molecule has 0 aliphatic rings. The molecule has 0 saturated heterocycles. The van der Waals surface area contributed by atoms with E-state index >= 15 is 0 Å². The van der Waals surface area contributed by atoms with E-state index in [1.54, 1.807) is 0 Å². The van der Waals surface area contributed by atoms with E-state index in [9.17, 15) is 4.79 Å². The van der Waals surface area contributed by atoms with Crippen LogP contribution in [0.2, 0.25) is 0 Å². The topological polar surface area (TPSA) is 41.1 Å².